The first-order chi connectivity index (χ1) is 12.1. The summed E-state index contributed by atoms with van der Waals surface area (Å²) in [5.74, 6) is -0.613. The average Bonchev–Trinajstić information content (AvgIpc) is 2.64. The third-order valence-electron chi connectivity index (χ3n) is 4.33. The topological polar surface area (TPSA) is 36.8 Å². The summed E-state index contributed by atoms with van der Waals surface area (Å²) in [5, 5.41) is 13.2. The summed E-state index contributed by atoms with van der Waals surface area (Å²) in [6.07, 6.45) is 0. The van der Waals surface area contributed by atoms with E-state index in [4.69, 9.17) is 0 Å². The molecule has 0 amide bonds. The number of hydrogen-bond acceptors (Lipinski definition) is 1. The normalized spacial score (nSPS) is 13.4. The Morgan fingerprint density at radius 2 is 1.36 bits per heavy atom. The number of nitrogens with two attached hydrogens (primary N) is 1. The lowest BCUT2D eigenvalue weighted by Crippen LogP contribution is -2.86. The zero-order valence-corrected chi connectivity index (χ0v) is 13.7. The molecule has 0 aromatic heterocycles. The lowest BCUT2D eigenvalue weighted by atomic mass is 9.86. The van der Waals surface area contributed by atoms with Crippen molar-refractivity contribution in [2.24, 2.45) is 0 Å². The van der Waals surface area contributed by atoms with Gasteiger partial charge in [0.25, 0.3) is 0 Å². The van der Waals surface area contributed by atoms with Crippen LogP contribution in [0.4, 0.5) is 8.78 Å². The number of hydrogen-bond donors (Lipinski definition) is 2. The molecule has 3 rings (SSSR count). The lowest BCUT2D eigenvalue weighted by molar-refractivity contribution is -0.682. The fraction of sp³-hybridized carbons (Fsp3) is 0.143. The first kappa shape index (κ1) is 17.3. The van der Waals surface area contributed by atoms with Crippen LogP contribution in [0.2, 0.25) is 0 Å². The Labute approximate surface area is 145 Å². The van der Waals surface area contributed by atoms with Crippen LogP contribution in [0.15, 0.2) is 78.9 Å². The maximum Gasteiger partial charge on any atom is 0.163 e. The molecule has 0 heterocycles. The van der Waals surface area contributed by atoms with Crippen molar-refractivity contribution in [2.45, 2.75) is 12.1 Å². The Balaban J connectivity index is 1.84. The van der Waals surface area contributed by atoms with Gasteiger partial charge in [0.1, 0.15) is 24.7 Å². The van der Waals surface area contributed by atoms with Gasteiger partial charge in [0.2, 0.25) is 0 Å². The molecule has 0 radical (unpaired) electrons. The van der Waals surface area contributed by atoms with Crippen LogP contribution in [0.25, 0.3) is 0 Å². The summed E-state index contributed by atoms with van der Waals surface area (Å²) in [4.78, 5) is 0. The van der Waals surface area contributed by atoms with Gasteiger partial charge in [0, 0.05) is 5.56 Å². The molecular formula is C21H20F2NO+. The van der Waals surface area contributed by atoms with Crippen LogP contribution < -0.4 is 5.32 Å². The largest absolute Gasteiger partial charge is 0.375 e. The summed E-state index contributed by atoms with van der Waals surface area (Å²) in [7, 11) is 0. The Kier molecular flexibility index (Phi) is 5.22. The minimum Gasteiger partial charge on any atom is -0.375 e. The fourth-order valence-electron chi connectivity index (χ4n) is 2.94. The van der Waals surface area contributed by atoms with Gasteiger partial charge in [-0.25, -0.2) is 8.78 Å². The molecule has 3 aromatic rings. The van der Waals surface area contributed by atoms with Crippen molar-refractivity contribution in [1.29, 1.82) is 0 Å². The second kappa shape index (κ2) is 7.55. The summed E-state index contributed by atoms with van der Waals surface area (Å²) in [6.45, 7) is 0.694. The van der Waals surface area contributed by atoms with E-state index in [1.54, 1.807) is 30.3 Å². The Morgan fingerprint density at radius 1 is 0.760 bits per heavy atom. The molecule has 128 valence electrons. The van der Waals surface area contributed by atoms with E-state index in [2.05, 4.69) is 0 Å². The first-order valence-electron chi connectivity index (χ1n) is 8.18. The van der Waals surface area contributed by atoms with Crippen molar-refractivity contribution < 1.29 is 19.2 Å². The standard InChI is InChI=1S/C21H19F2NO/c22-19-12-10-18(11-13-19)21(25,17-7-2-1-3-8-17)15-24-14-16-6-4-5-9-20(16)23/h1-13,24-25H,14-15H2/p+1. The number of halogens is 2. The average molecular weight is 340 g/mol. The number of quaternary nitrogens is 1. The Bertz CT molecular complexity index is 821. The highest BCUT2D eigenvalue weighted by molar-refractivity contribution is 5.36. The van der Waals surface area contributed by atoms with Crippen LogP contribution in [-0.2, 0) is 12.1 Å². The van der Waals surface area contributed by atoms with Gasteiger partial charge in [-0.3, -0.25) is 0 Å². The van der Waals surface area contributed by atoms with Crippen LogP contribution in [0, 0.1) is 11.6 Å². The van der Waals surface area contributed by atoms with E-state index in [9.17, 15) is 13.9 Å². The molecule has 2 nitrogen and oxygen atoms in total. The first-order valence-corrected chi connectivity index (χ1v) is 8.18. The van der Waals surface area contributed by atoms with E-state index in [1.165, 1.54) is 18.2 Å². The lowest BCUT2D eigenvalue weighted by Gasteiger charge is -2.27. The summed E-state index contributed by atoms with van der Waals surface area (Å²) < 4.78 is 27.0. The second-order valence-corrected chi connectivity index (χ2v) is 6.02. The molecular weight excluding hydrogens is 320 g/mol. The smallest absolute Gasteiger partial charge is 0.163 e. The van der Waals surface area contributed by atoms with Crippen molar-refractivity contribution in [3.63, 3.8) is 0 Å². The molecule has 0 fully saturated rings. The minimum atomic E-state index is -1.29. The van der Waals surface area contributed by atoms with Gasteiger partial charge in [-0.1, -0.05) is 60.7 Å². The quantitative estimate of drug-likeness (QED) is 0.711. The SMILES string of the molecule is OC(C[NH2+]Cc1ccccc1F)(c1ccccc1)c1ccc(F)cc1. The van der Waals surface area contributed by atoms with E-state index in [-0.39, 0.29) is 18.2 Å². The minimum absolute atomic E-state index is 0.260. The summed E-state index contributed by atoms with van der Waals surface area (Å²) >= 11 is 0. The van der Waals surface area contributed by atoms with Gasteiger partial charge < -0.3 is 10.4 Å². The molecule has 1 atom stereocenters. The van der Waals surface area contributed by atoms with Crippen molar-refractivity contribution in [1.82, 2.24) is 0 Å². The molecule has 0 saturated carbocycles. The molecule has 0 saturated heterocycles. The van der Waals surface area contributed by atoms with E-state index in [0.717, 1.165) is 0 Å². The molecule has 0 aliphatic carbocycles. The van der Waals surface area contributed by atoms with Gasteiger partial charge in [-0.15, -0.1) is 0 Å². The number of aliphatic hydroxyl groups is 1. The summed E-state index contributed by atoms with van der Waals surface area (Å²) in [5.41, 5.74) is 0.605. The fourth-order valence-corrected chi connectivity index (χ4v) is 2.94. The van der Waals surface area contributed by atoms with E-state index in [1.807, 2.05) is 35.6 Å². The van der Waals surface area contributed by atoms with Gasteiger partial charge in [0.05, 0.1) is 0 Å². The van der Waals surface area contributed by atoms with Crippen molar-refractivity contribution >= 4 is 0 Å². The zero-order chi connectivity index (χ0) is 17.7. The predicted molar refractivity (Wildman–Crippen MR) is 92.7 cm³/mol. The van der Waals surface area contributed by atoms with Crippen LogP contribution >= 0.6 is 0 Å². The van der Waals surface area contributed by atoms with Crippen LogP contribution in [-0.4, -0.2) is 11.7 Å². The number of rotatable bonds is 6. The zero-order valence-electron chi connectivity index (χ0n) is 13.7. The highest BCUT2D eigenvalue weighted by atomic mass is 19.1. The second-order valence-electron chi connectivity index (χ2n) is 6.02. The highest BCUT2D eigenvalue weighted by Crippen LogP contribution is 2.28. The van der Waals surface area contributed by atoms with Crippen molar-refractivity contribution in [3.8, 4) is 0 Å². The predicted octanol–water partition coefficient (Wildman–Crippen LogP) is 2.96. The molecule has 25 heavy (non-hydrogen) atoms. The molecule has 0 spiro atoms. The molecule has 1 unspecified atom stereocenters. The van der Waals surface area contributed by atoms with Crippen molar-refractivity contribution in [3.05, 3.63) is 107 Å². The molecule has 0 bridgehead atoms. The molecule has 0 aliphatic heterocycles. The molecule has 3 N–H and O–H groups in total. The maximum atomic E-state index is 13.8. The van der Waals surface area contributed by atoms with Gasteiger partial charge >= 0.3 is 0 Å². The van der Waals surface area contributed by atoms with Crippen LogP contribution in [0.5, 0.6) is 0 Å². The van der Waals surface area contributed by atoms with Gasteiger partial charge in [-0.2, -0.15) is 0 Å². The van der Waals surface area contributed by atoms with E-state index < -0.39 is 5.60 Å². The van der Waals surface area contributed by atoms with Gasteiger partial charge in [0.15, 0.2) is 5.60 Å². The van der Waals surface area contributed by atoms with Crippen molar-refractivity contribution in [2.75, 3.05) is 6.54 Å². The molecule has 4 heteroatoms. The van der Waals surface area contributed by atoms with Crippen LogP contribution in [0.1, 0.15) is 16.7 Å². The van der Waals surface area contributed by atoms with E-state index >= 15 is 0 Å². The van der Waals surface area contributed by atoms with Crippen LogP contribution in [0.3, 0.4) is 0 Å². The maximum absolute atomic E-state index is 13.8. The highest BCUT2D eigenvalue weighted by Gasteiger charge is 2.33. The third kappa shape index (κ3) is 3.92. The number of benzene rings is 3. The third-order valence-corrected chi connectivity index (χ3v) is 4.33. The Morgan fingerprint density at radius 3 is 2.04 bits per heavy atom. The van der Waals surface area contributed by atoms with E-state index in [0.29, 0.717) is 23.2 Å². The summed E-state index contributed by atoms with van der Waals surface area (Å²) in [6, 6.07) is 21.7. The Hall–Kier alpha value is -2.56. The monoisotopic (exact) mass is 340 g/mol. The van der Waals surface area contributed by atoms with Gasteiger partial charge in [-0.05, 0) is 29.3 Å². The molecule has 3 aromatic carbocycles. The molecule has 0 aliphatic rings.